The minimum absolute atomic E-state index is 0.0268. The van der Waals surface area contributed by atoms with Gasteiger partial charge in [0.2, 0.25) is 5.91 Å². The van der Waals surface area contributed by atoms with Crippen molar-refractivity contribution in [2.45, 2.75) is 25.8 Å². The molecular weight excluding hydrogens is 331 g/mol. The van der Waals surface area contributed by atoms with E-state index in [0.717, 1.165) is 16.9 Å². The molecule has 0 spiro atoms. The summed E-state index contributed by atoms with van der Waals surface area (Å²) >= 11 is 0. The Morgan fingerprint density at radius 1 is 1.19 bits per heavy atom. The molecule has 4 nitrogen and oxygen atoms in total. The van der Waals surface area contributed by atoms with Crippen molar-refractivity contribution in [1.29, 1.82) is 0 Å². The summed E-state index contributed by atoms with van der Waals surface area (Å²) in [5.74, 6) is 0.527. The van der Waals surface area contributed by atoms with Gasteiger partial charge in [-0.3, -0.25) is 4.79 Å². The van der Waals surface area contributed by atoms with Crippen molar-refractivity contribution in [3.05, 3.63) is 65.5 Å². The summed E-state index contributed by atoms with van der Waals surface area (Å²) < 4.78 is 19.1. The summed E-state index contributed by atoms with van der Waals surface area (Å²) in [5.41, 5.74) is 1.99. The average Bonchev–Trinajstić information content (AvgIpc) is 2.59. The first-order valence-electron chi connectivity index (χ1n) is 8.84. The van der Waals surface area contributed by atoms with Gasteiger partial charge in [0.05, 0.1) is 12.6 Å². The van der Waals surface area contributed by atoms with Crippen molar-refractivity contribution >= 4 is 5.91 Å². The van der Waals surface area contributed by atoms with E-state index in [9.17, 15) is 9.18 Å². The van der Waals surface area contributed by atoms with Gasteiger partial charge >= 0.3 is 0 Å². The molecule has 1 unspecified atom stereocenters. The molecule has 2 rings (SSSR count). The monoisotopic (exact) mass is 358 g/mol. The number of ether oxygens (including phenoxy) is 1. The molecule has 0 saturated heterocycles. The number of aryl methyl sites for hydroxylation is 1. The van der Waals surface area contributed by atoms with E-state index in [1.54, 1.807) is 6.07 Å². The number of carbonyl (C=O) groups is 1. The molecule has 1 N–H and O–H groups in total. The third-order valence-electron chi connectivity index (χ3n) is 4.16. The van der Waals surface area contributed by atoms with Crippen molar-refractivity contribution in [1.82, 2.24) is 10.2 Å². The fraction of sp³-hybridized carbons (Fsp3) is 0.381. The first-order valence-corrected chi connectivity index (χ1v) is 8.84. The molecule has 1 atom stereocenters. The number of benzene rings is 2. The number of carbonyl (C=O) groups excluding carboxylic acids is 1. The number of nitrogens with zero attached hydrogens (tertiary/aromatic N) is 1. The molecule has 0 aliphatic heterocycles. The zero-order chi connectivity index (χ0) is 18.9. The van der Waals surface area contributed by atoms with Gasteiger partial charge in [0, 0.05) is 13.0 Å². The molecule has 2 aromatic rings. The third-order valence-corrected chi connectivity index (χ3v) is 4.16. The number of amides is 1. The summed E-state index contributed by atoms with van der Waals surface area (Å²) in [4.78, 5) is 14.0. The molecule has 5 heteroatoms. The maximum absolute atomic E-state index is 13.4. The summed E-state index contributed by atoms with van der Waals surface area (Å²) in [7, 11) is 3.83. The van der Waals surface area contributed by atoms with E-state index in [2.05, 4.69) is 5.32 Å². The molecule has 0 aromatic heterocycles. The second-order valence-electron chi connectivity index (χ2n) is 6.61. The Labute approximate surface area is 155 Å². The number of nitrogens with one attached hydrogen (secondary N) is 1. The van der Waals surface area contributed by atoms with E-state index in [0.29, 0.717) is 26.0 Å². The predicted octanol–water partition coefficient (Wildman–Crippen LogP) is 3.71. The quantitative estimate of drug-likeness (QED) is 0.695. The van der Waals surface area contributed by atoms with Crippen LogP contribution in [0.25, 0.3) is 0 Å². The smallest absolute Gasteiger partial charge is 0.220 e. The Bertz CT molecular complexity index is 719. The van der Waals surface area contributed by atoms with Gasteiger partial charge in [-0.05, 0) is 62.8 Å². The highest BCUT2D eigenvalue weighted by Gasteiger charge is 2.15. The molecule has 1 amide bonds. The van der Waals surface area contributed by atoms with Crippen LogP contribution in [0.2, 0.25) is 0 Å². The molecule has 0 bridgehead atoms. The van der Waals surface area contributed by atoms with Gasteiger partial charge < -0.3 is 15.0 Å². The van der Waals surface area contributed by atoms with E-state index in [1.165, 1.54) is 12.1 Å². The first kappa shape index (κ1) is 19.9. The zero-order valence-electron chi connectivity index (χ0n) is 15.7. The van der Waals surface area contributed by atoms with Crippen molar-refractivity contribution in [2.75, 3.05) is 27.2 Å². The number of rotatable bonds is 9. The minimum atomic E-state index is -0.269. The Morgan fingerprint density at radius 3 is 2.65 bits per heavy atom. The molecule has 0 radical (unpaired) electrons. The van der Waals surface area contributed by atoms with Crippen molar-refractivity contribution < 1.29 is 13.9 Å². The van der Waals surface area contributed by atoms with Crippen LogP contribution in [0.15, 0.2) is 48.5 Å². The molecule has 140 valence electrons. The zero-order valence-corrected chi connectivity index (χ0v) is 15.7. The van der Waals surface area contributed by atoms with Crippen LogP contribution < -0.4 is 10.1 Å². The highest BCUT2D eigenvalue weighted by atomic mass is 19.1. The van der Waals surface area contributed by atoms with Gasteiger partial charge in [-0.2, -0.15) is 0 Å². The van der Waals surface area contributed by atoms with Crippen LogP contribution in [0.1, 0.15) is 30.0 Å². The maximum Gasteiger partial charge on any atom is 0.220 e. The fourth-order valence-electron chi connectivity index (χ4n) is 2.74. The number of likely N-dealkylation sites (N-methyl/N-ethyl adjacent to an activating group) is 1. The molecular formula is C21H27FN2O2. The van der Waals surface area contributed by atoms with Crippen LogP contribution in [0, 0.1) is 12.7 Å². The lowest BCUT2D eigenvalue weighted by Gasteiger charge is -2.25. The summed E-state index contributed by atoms with van der Waals surface area (Å²) in [6.07, 6.45) is 1.04. The van der Waals surface area contributed by atoms with Crippen LogP contribution in [0.4, 0.5) is 4.39 Å². The van der Waals surface area contributed by atoms with E-state index in [4.69, 9.17) is 4.74 Å². The van der Waals surface area contributed by atoms with Gasteiger partial charge in [-0.25, -0.2) is 4.39 Å². The summed E-state index contributed by atoms with van der Waals surface area (Å²) in [6, 6.07) is 14.3. The Kier molecular flexibility index (Phi) is 7.60. The van der Waals surface area contributed by atoms with Gasteiger partial charge in [0.1, 0.15) is 11.6 Å². The van der Waals surface area contributed by atoms with Gasteiger partial charge in [0.25, 0.3) is 0 Å². The number of hydrogen-bond donors (Lipinski definition) is 1. The minimum Gasteiger partial charge on any atom is -0.494 e. The lowest BCUT2D eigenvalue weighted by molar-refractivity contribution is -0.121. The van der Waals surface area contributed by atoms with Gasteiger partial charge in [0.15, 0.2) is 0 Å². The lowest BCUT2D eigenvalue weighted by Crippen LogP contribution is -2.34. The number of halogens is 1. The van der Waals surface area contributed by atoms with E-state index in [1.807, 2.05) is 56.3 Å². The molecule has 0 aliphatic carbocycles. The molecule has 26 heavy (non-hydrogen) atoms. The van der Waals surface area contributed by atoms with Crippen molar-refractivity contribution in [2.24, 2.45) is 0 Å². The Morgan fingerprint density at radius 2 is 1.96 bits per heavy atom. The lowest BCUT2D eigenvalue weighted by atomic mass is 10.1. The van der Waals surface area contributed by atoms with Crippen molar-refractivity contribution in [3.8, 4) is 5.75 Å². The van der Waals surface area contributed by atoms with Crippen LogP contribution in [-0.2, 0) is 4.79 Å². The molecule has 2 aromatic carbocycles. The van der Waals surface area contributed by atoms with E-state index < -0.39 is 0 Å². The van der Waals surface area contributed by atoms with Crippen LogP contribution >= 0.6 is 0 Å². The highest BCUT2D eigenvalue weighted by Crippen LogP contribution is 2.18. The largest absolute Gasteiger partial charge is 0.494 e. The fourth-order valence-corrected chi connectivity index (χ4v) is 2.74. The predicted molar refractivity (Wildman–Crippen MR) is 102 cm³/mol. The molecule has 0 fully saturated rings. The van der Waals surface area contributed by atoms with Gasteiger partial charge in [-0.15, -0.1) is 0 Å². The number of hydrogen-bond acceptors (Lipinski definition) is 3. The molecule has 0 heterocycles. The second-order valence-corrected chi connectivity index (χ2v) is 6.61. The standard InChI is InChI=1S/C21H27FN2O2/c1-16-7-4-10-19(13-16)26-12-6-11-21(25)23-15-20(24(2)3)17-8-5-9-18(22)14-17/h4-5,7-10,13-14,20H,6,11-12,15H2,1-3H3,(H,23,25). The summed E-state index contributed by atoms with van der Waals surface area (Å²) in [6.45, 7) is 2.95. The molecule has 0 saturated carbocycles. The Balaban J connectivity index is 1.74. The normalized spacial score (nSPS) is 12.0. The van der Waals surface area contributed by atoms with Crippen LogP contribution in [-0.4, -0.2) is 38.1 Å². The van der Waals surface area contributed by atoms with Gasteiger partial charge in [-0.1, -0.05) is 24.3 Å². The highest BCUT2D eigenvalue weighted by molar-refractivity contribution is 5.75. The summed E-state index contributed by atoms with van der Waals surface area (Å²) in [5, 5.41) is 2.93. The van der Waals surface area contributed by atoms with E-state index in [-0.39, 0.29) is 17.8 Å². The maximum atomic E-state index is 13.4. The second kappa shape index (κ2) is 9.92. The molecule has 0 aliphatic rings. The third kappa shape index (κ3) is 6.48. The average molecular weight is 358 g/mol. The van der Waals surface area contributed by atoms with Crippen molar-refractivity contribution in [3.63, 3.8) is 0 Å². The first-order chi connectivity index (χ1) is 12.5. The SMILES string of the molecule is Cc1cccc(OCCCC(=O)NCC(c2cccc(F)c2)N(C)C)c1. The Hall–Kier alpha value is -2.40. The van der Waals surface area contributed by atoms with Crippen LogP contribution in [0.3, 0.4) is 0 Å². The van der Waals surface area contributed by atoms with Crippen LogP contribution in [0.5, 0.6) is 5.75 Å². The topological polar surface area (TPSA) is 41.6 Å². The van der Waals surface area contributed by atoms with E-state index >= 15 is 0 Å².